The molecule has 4 nitrogen and oxygen atoms in total. The van der Waals surface area contributed by atoms with Crippen molar-refractivity contribution in [2.45, 2.75) is 6.54 Å². The van der Waals surface area contributed by atoms with Crippen LogP contribution in [0.1, 0.15) is 5.56 Å². The van der Waals surface area contributed by atoms with Crippen LogP contribution in [-0.4, -0.2) is 12.5 Å². The van der Waals surface area contributed by atoms with E-state index in [4.69, 9.17) is 22.1 Å². The molecule has 0 radical (unpaired) electrons. The molecule has 1 amide bonds. The van der Waals surface area contributed by atoms with Crippen LogP contribution in [0, 0.1) is 0 Å². The molecule has 0 aliphatic rings. The van der Waals surface area contributed by atoms with Gasteiger partial charge in [0.25, 0.3) is 5.91 Å². The van der Waals surface area contributed by atoms with Gasteiger partial charge in [-0.2, -0.15) is 0 Å². The normalized spacial score (nSPS) is 10.2. The summed E-state index contributed by atoms with van der Waals surface area (Å²) in [5, 5.41) is 3.95. The van der Waals surface area contributed by atoms with Crippen LogP contribution in [0.2, 0.25) is 5.02 Å². The maximum Gasteiger partial charge on any atom is 0.255 e. The van der Waals surface area contributed by atoms with Crippen molar-refractivity contribution < 1.29 is 9.53 Å². The Morgan fingerprint density at radius 3 is 2.81 bits per heavy atom. The summed E-state index contributed by atoms with van der Waals surface area (Å²) < 4.78 is 6.20. The molecular weight excluding hydrogens is 356 g/mol. The number of rotatable bonds is 6. The number of hydrogen-bond acceptors (Lipinski definition) is 3. The van der Waals surface area contributed by atoms with Crippen molar-refractivity contribution >= 4 is 39.1 Å². The number of anilines is 1. The average molecular weight is 370 g/mol. The lowest BCUT2D eigenvalue weighted by atomic mass is 10.2. The highest BCUT2D eigenvalue weighted by Crippen LogP contribution is 2.23. The molecule has 2 rings (SSSR count). The second-order valence-corrected chi connectivity index (χ2v) is 5.69. The molecule has 0 heterocycles. The van der Waals surface area contributed by atoms with E-state index in [0.717, 1.165) is 15.7 Å². The highest BCUT2D eigenvalue weighted by Gasteiger charge is 2.03. The maximum absolute atomic E-state index is 10.7. The first-order valence-electron chi connectivity index (χ1n) is 6.23. The quantitative estimate of drug-likeness (QED) is 0.818. The Labute approximate surface area is 136 Å². The van der Waals surface area contributed by atoms with E-state index in [1.807, 2.05) is 30.3 Å². The van der Waals surface area contributed by atoms with E-state index in [1.165, 1.54) is 0 Å². The zero-order chi connectivity index (χ0) is 15.2. The fourth-order valence-corrected chi connectivity index (χ4v) is 2.45. The number of benzene rings is 2. The average Bonchev–Trinajstić information content (AvgIpc) is 2.45. The van der Waals surface area contributed by atoms with Crippen molar-refractivity contribution in [3.63, 3.8) is 0 Å². The Bertz CT molecular complexity index is 649. The number of halogens is 2. The number of ether oxygens (including phenoxy) is 1. The lowest BCUT2D eigenvalue weighted by Gasteiger charge is -2.10. The van der Waals surface area contributed by atoms with Crippen molar-refractivity contribution in [1.82, 2.24) is 0 Å². The number of nitrogens with two attached hydrogens (primary N) is 1. The number of carbonyl (C=O) groups is 1. The van der Waals surface area contributed by atoms with Gasteiger partial charge in [0.2, 0.25) is 0 Å². The monoisotopic (exact) mass is 368 g/mol. The molecule has 0 saturated heterocycles. The Morgan fingerprint density at radius 2 is 2.10 bits per heavy atom. The van der Waals surface area contributed by atoms with E-state index in [0.29, 0.717) is 17.3 Å². The number of hydrogen-bond donors (Lipinski definition) is 2. The van der Waals surface area contributed by atoms with Crippen LogP contribution in [-0.2, 0) is 11.3 Å². The zero-order valence-corrected chi connectivity index (χ0v) is 13.4. The van der Waals surface area contributed by atoms with Crippen LogP contribution in [0.3, 0.4) is 0 Å². The van der Waals surface area contributed by atoms with Gasteiger partial charge in [-0.25, -0.2) is 0 Å². The Balaban J connectivity index is 1.99. The highest BCUT2D eigenvalue weighted by molar-refractivity contribution is 9.10. The van der Waals surface area contributed by atoms with Crippen LogP contribution in [0.15, 0.2) is 46.9 Å². The van der Waals surface area contributed by atoms with Gasteiger partial charge in [-0.05, 0) is 29.8 Å². The van der Waals surface area contributed by atoms with Gasteiger partial charge in [0, 0.05) is 27.8 Å². The minimum atomic E-state index is -0.505. The van der Waals surface area contributed by atoms with Crippen LogP contribution in [0.4, 0.5) is 5.69 Å². The maximum atomic E-state index is 10.7. The van der Waals surface area contributed by atoms with Crippen molar-refractivity contribution in [3.05, 3.63) is 57.5 Å². The number of nitrogens with one attached hydrogen (secondary N) is 1. The van der Waals surface area contributed by atoms with Gasteiger partial charge in [-0.1, -0.05) is 39.7 Å². The van der Waals surface area contributed by atoms with Gasteiger partial charge in [0.15, 0.2) is 6.61 Å². The smallest absolute Gasteiger partial charge is 0.255 e. The van der Waals surface area contributed by atoms with E-state index in [2.05, 4.69) is 21.2 Å². The molecule has 110 valence electrons. The summed E-state index contributed by atoms with van der Waals surface area (Å²) in [4.78, 5) is 10.7. The predicted octanol–water partition coefficient (Wildman–Crippen LogP) is 3.58. The number of amides is 1. The van der Waals surface area contributed by atoms with E-state index >= 15 is 0 Å². The van der Waals surface area contributed by atoms with Gasteiger partial charge in [0.05, 0.1) is 0 Å². The molecular formula is C15H14BrClN2O2. The molecule has 0 spiro atoms. The van der Waals surface area contributed by atoms with Gasteiger partial charge in [-0.15, -0.1) is 0 Å². The molecule has 0 unspecified atom stereocenters. The molecule has 2 aromatic rings. The van der Waals surface area contributed by atoms with Crippen molar-refractivity contribution in [2.24, 2.45) is 5.73 Å². The summed E-state index contributed by atoms with van der Waals surface area (Å²) in [7, 11) is 0. The topological polar surface area (TPSA) is 64.4 Å². The van der Waals surface area contributed by atoms with Crippen LogP contribution in [0.25, 0.3) is 0 Å². The second-order valence-electron chi connectivity index (χ2n) is 4.37. The van der Waals surface area contributed by atoms with Gasteiger partial charge >= 0.3 is 0 Å². The Hall–Kier alpha value is -1.72. The van der Waals surface area contributed by atoms with Crippen molar-refractivity contribution in [2.75, 3.05) is 11.9 Å². The molecule has 3 N–H and O–H groups in total. The minimum Gasteiger partial charge on any atom is -0.484 e. The molecule has 0 aliphatic carbocycles. The highest BCUT2D eigenvalue weighted by atomic mass is 79.9. The van der Waals surface area contributed by atoms with E-state index in [9.17, 15) is 4.79 Å². The van der Waals surface area contributed by atoms with E-state index < -0.39 is 5.91 Å². The standard InChI is InChI=1S/C15H14BrClN2O2/c16-11-5-4-10(14(17)6-11)8-19-12-2-1-3-13(7-12)21-9-15(18)20/h1-7,19H,8-9H2,(H2,18,20). The zero-order valence-electron chi connectivity index (χ0n) is 11.1. The summed E-state index contributed by atoms with van der Waals surface area (Å²) >= 11 is 9.54. The summed E-state index contributed by atoms with van der Waals surface area (Å²) in [5.41, 5.74) is 6.90. The fourth-order valence-electron chi connectivity index (χ4n) is 1.71. The number of carbonyl (C=O) groups excluding carboxylic acids is 1. The first-order valence-corrected chi connectivity index (χ1v) is 7.40. The Kier molecular flexibility index (Phi) is 5.47. The minimum absolute atomic E-state index is 0.137. The molecule has 0 bridgehead atoms. The van der Waals surface area contributed by atoms with Crippen LogP contribution >= 0.6 is 27.5 Å². The predicted molar refractivity (Wildman–Crippen MR) is 87.6 cm³/mol. The van der Waals surface area contributed by atoms with Crippen LogP contribution < -0.4 is 15.8 Å². The van der Waals surface area contributed by atoms with Crippen molar-refractivity contribution in [3.8, 4) is 5.75 Å². The molecule has 6 heteroatoms. The fraction of sp³-hybridized carbons (Fsp3) is 0.133. The molecule has 0 aliphatic heterocycles. The van der Waals surface area contributed by atoms with E-state index in [1.54, 1.807) is 12.1 Å². The number of primary amides is 1. The molecule has 2 aromatic carbocycles. The molecule has 0 fully saturated rings. The third-order valence-electron chi connectivity index (χ3n) is 2.71. The third-order valence-corrected chi connectivity index (χ3v) is 3.56. The second kappa shape index (κ2) is 7.33. The van der Waals surface area contributed by atoms with Gasteiger partial charge < -0.3 is 15.8 Å². The van der Waals surface area contributed by atoms with Gasteiger partial charge in [-0.3, -0.25) is 4.79 Å². The third kappa shape index (κ3) is 4.95. The molecule has 0 aromatic heterocycles. The summed E-state index contributed by atoms with van der Waals surface area (Å²) in [6.45, 7) is 0.452. The first kappa shape index (κ1) is 15.7. The Morgan fingerprint density at radius 1 is 1.29 bits per heavy atom. The molecule has 0 saturated carbocycles. The molecule has 0 atom stereocenters. The summed E-state index contributed by atoms with van der Waals surface area (Å²) in [6.07, 6.45) is 0. The molecule has 21 heavy (non-hydrogen) atoms. The summed E-state index contributed by atoms with van der Waals surface area (Å²) in [6, 6.07) is 13.1. The van der Waals surface area contributed by atoms with E-state index in [-0.39, 0.29) is 6.61 Å². The van der Waals surface area contributed by atoms with Crippen LogP contribution in [0.5, 0.6) is 5.75 Å². The SMILES string of the molecule is NC(=O)COc1cccc(NCc2ccc(Br)cc2Cl)c1. The largest absolute Gasteiger partial charge is 0.484 e. The lowest BCUT2D eigenvalue weighted by molar-refractivity contribution is -0.119. The van der Waals surface area contributed by atoms with Crippen molar-refractivity contribution in [1.29, 1.82) is 0 Å². The first-order chi connectivity index (χ1) is 10.0. The van der Waals surface area contributed by atoms with Gasteiger partial charge in [0.1, 0.15) is 5.75 Å². The summed E-state index contributed by atoms with van der Waals surface area (Å²) in [5.74, 6) is 0.0794. The lowest BCUT2D eigenvalue weighted by Crippen LogP contribution is -2.20.